The topological polar surface area (TPSA) is 121 Å². The Hall–Kier alpha value is -3.07. The zero-order valence-corrected chi connectivity index (χ0v) is 20.1. The number of aliphatic hydroxyl groups excluding tert-OH is 1. The summed E-state index contributed by atoms with van der Waals surface area (Å²) in [6, 6.07) is 5.87. The molecule has 1 atom stereocenters. The van der Waals surface area contributed by atoms with Crippen LogP contribution in [-0.4, -0.2) is 70.3 Å². The van der Waals surface area contributed by atoms with E-state index in [-0.39, 0.29) is 30.2 Å². The number of rotatable bonds is 4. The first-order valence-electron chi connectivity index (χ1n) is 11.8. The number of carbonyl (C=O) groups is 3. The van der Waals surface area contributed by atoms with Gasteiger partial charge in [0.05, 0.1) is 18.8 Å². The van der Waals surface area contributed by atoms with Crippen molar-refractivity contribution in [2.75, 3.05) is 20.2 Å². The summed E-state index contributed by atoms with van der Waals surface area (Å²) < 4.78 is 7.39. The second kappa shape index (κ2) is 11.4. The fourth-order valence-corrected chi connectivity index (χ4v) is 5.12. The first-order valence-corrected chi connectivity index (χ1v) is 11.8. The minimum Gasteiger partial charge on any atom is -0.497 e. The highest BCUT2D eigenvalue weighted by Crippen LogP contribution is 2.30. The number of hydrogen-bond acceptors (Lipinski definition) is 5. The number of aromatic nitrogens is 1. The van der Waals surface area contributed by atoms with Gasteiger partial charge in [-0.15, -0.1) is 0 Å². The Morgan fingerprint density at radius 2 is 1.85 bits per heavy atom. The number of nitrogens with zero attached hydrogens (tertiary/aromatic N) is 2. The summed E-state index contributed by atoms with van der Waals surface area (Å²) in [6.45, 7) is 2.92. The third-order valence-electron chi connectivity index (χ3n) is 7.05. The smallest absolute Gasteiger partial charge is 0.290 e. The Balaban J connectivity index is 0.00000103. The van der Waals surface area contributed by atoms with Crippen LogP contribution >= 0.6 is 0 Å². The zero-order valence-electron chi connectivity index (χ0n) is 20.1. The molecule has 2 heterocycles. The summed E-state index contributed by atoms with van der Waals surface area (Å²) in [5.74, 6) is 0.835. The molecule has 2 fully saturated rings. The molecule has 1 aliphatic heterocycles. The number of amides is 2. The van der Waals surface area contributed by atoms with Crippen molar-refractivity contribution >= 4 is 29.2 Å². The summed E-state index contributed by atoms with van der Waals surface area (Å²) in [6.07, 6.45) is 4.40. The predicted octanol–water partition coefficient (Wildman–Crippen LogP) is 2.47. The van der Waals surface area contributed by atoms with E-state index in [0.717, 1.165) is 67.4 Å². The van der Waals surface area contributed by atoms with Crippen LogP contribution in [0.15, 0.2) is 18.2 Å². The van der Waals surface area contributed by atoms with Crippen molar-refractivity contribution in [2.24, 2.45) is 13.0 Å². The Morgan fingerprint density at radius 1 is 1.18 bits per heavy atom. The SMILES string of the molecule is COc1ccc2c(c1)c(C(=O)NC1CCC(C(=O)N3CCCC(O)C3)CC1)c(C)n2C.O=CO. The molecule has 0 spiro atoms. The minimum atomic E-state index is -0.393. The molecular weight excluding hydrogens is 438 g/mol. The molecule has 0 radical (unpaired) electrons. The molecule has 1 aliphatic carbocycles. The molecule has 186 valence electrons. The molecule has 3 N–H and O–H groups in total. The van der Waals surface area contributed by atoms with Crippen LogP contribution in [-0.2, 0) is 16.6 Å². The molecule has 1 saturated carbocycles. The average Bonchev–Trinajstić information content (AvgIpc) is 3.09. The van der Waals surface area contributed by atoms with Crippen LogP contribution in [0, 0.1) is 12.8 Å². The lowest BCUT2D eigenvalue weighted by Crippen LogP contribution is -2.46. The second-order valence-electron chi connectivity index (χ2n) is 9.11. The van der Waals surface area contributed by atoms with Crippen LogP contribution in [0.5, 0.6) is 5.75 Å². The predicted molar refractivity (Wildman–Crippen MR) is 128 cm³/mol. The van der Waals surface area contributed by atoms with Crippen LogP contribution in [0.2, 0.25) is 0 Å². The number of likely N-dealkylation sites (tertiary alicyclic amines) is 1. The molecule has 1 aromatic heterocycles. The van der Waals surface area contributed by atoms with Gasteiger partial charge < -0.3 is 29.7 Å². The maximum atomic E-state index is 13.2. The van der Waals surface area contributed by atoms with Crippen molar-refractivity contribution in [1.29, 1.82) is 0 Å². The van der Waals surface area contributed by atoms with Gasteiger partial charge in [-0.2, -0.15) is 0 Å². The summed E-state index contributed by atoms with van der Waals surface area (Å²) in [7, 11) is 3.59. The summed E-state index contributed by atoms with van der Waals surface area (Å²) >= 11 is 0. The van der Waals surface area contributed by atoms with Crippen LogP contribution in [0.25, 0.3) is 10.9 Å². The van der Waals surface area contributed by atoms with Crippen molar-refractivity contribution in [3.63, 3.8) is 0 Å². The lowest BCUT2D eigenvalue weighted by Gasteiger charge is -2.35. The lowest BCUT2D eigenvalue weighted by atomic mass is 9.84. The van der Waals surface area contributed by atoms with Crippen molar-refractivity contribution in [3.05, 3.63) is 29.5 Å². The second-order valence-corrected chi connectivity index (χ2v) is 9.11. The highest BCUT2D eigenvalue weighted by molar-refractivity contribution is 6.08. The molecule has 0 bridgehead atoms. The molecule has 1 unspecified atom stereocenters. The van der Waals surface area contributed by atoms with Crippen molar-refractivity contribution in [1.82, 2.24) is 14.8 Å². The summed E-state index contributed by atoms with van der Waals surface area (Å²) in [4.78, 5) is 36.2. The van der Waals surface area contributed by atoms with Gasteiger partial charge >= 0.3 is 0 Å². The fourth-order valence-electron chi connectivity index (χ4n) is 5.12. The van der Waals surface area contributed by atoms with Gasteiger partial charge in [0.2, 0.25) is 5.91 Å². The Labute approximate surface area is 199 Å². The number of benzene rings is 1. The van der Waals surface area contributed by atoms with Gasteiger partial charge in [0, 0.05) is 48.7 Å². The number of carbonyl (C=O) groups excluding carboxylic acids is 2. The monoisotopic (exact) mass is 473 g/mol. The van der Waals surface area contributed by atoms with E-state index in [1.165, 1.54) is 0 Å². The van der Waals surface area contributed by atoms with Gasteiger partial charge in [0.25, 0.3) is 12.4 Å². The molecule has 9 heteroatoms. The summed E-state index contributed by atoms with van der Waals surface area (Å²) in [5.41, 5.74) is 2.62. The van der Waals surface area contributed by atoms with E-state index in [1.54, 1.807) is 7.11 Å². The van der Waals surface area contributed by atoms with E-state index < -0.39 is 6.10 Å². The van der Waals surface area contributed by atoms with Crippen LogP contribution in [0.4, 0.5) is 0 Å². The quantitative estimate of drug-likeness (QED) is 0.587. The van der Waals surface area contributed by atoms with E-state index >= 15 is 0 Å². The maximum absolute atomic E-state index is 13.2. The number of carboxylic acid groups (broad SMARTS) is 1. The number of aryl methyl sites for hydroxylation is 1. The number of ether oxygens (including phenoxy) is 1. The Bertz CT molecular complexity index is 1030. The third-order valence-corrected chi connectivity index (χ3v) is 7.05. The Morgan fingerprint density at radius 3 is 2.47 bits per heavy atom. The van der Waals surface area contributed by atoms with Gasteiger partial charge in [-0.3, -0.25) is 14.4 Å². The van der Waals surface area contributed by atoms with Gasteiger partial charge in [0.15, 0.2) is 0 Å². The first-order chi connectivity index (χ1) is 16.3. The van der Waals surface area contributed by atoms with Crippen LogP contribution < -0.4 is 10.1 Å². The number of aliphatic hydroxyl groups is 1. The van der Waals surface area contributed by atoms with Crippen LogP contribution in [0.3, 0.4) is 0 Å². The molecule has 1 saturated heterocycles. The number of fused-ring (bicyclic) bond motifs is 1. The molecule has 2 aliphatic rings. The van der Waals surface area contributed by atoms with Crippen molar-refractivity contribution in [2.45, 2.75) is 57.6 Å². The van der Waals surface area contributed by atoms with E-state index in [2.05, 4.69) is 5.32 Å². The zero-order chi connectivity index (χ0) is 24.8. The minimum absolute atomic E-state index is 0.00186. The molecular formula is C25H35N3O6. The van der Waals surface area contributed by atoms with E-state index in [1.807, 2.05) is 41.6 Å². The third kappa shape index (κ3) is 5.52. The number of nitrogens with one attached hydrogen (secondary N) is 1. The molecule has 2 amide bonds. The fraction of sp³-hybridized carbons (Fsp3) is 0.560. The number of piperidine rings is 1. The van der Waals surface area contributed by atoms with Crippen LogP contribution in [0.1, 0.15) is 54.6 Å². The van der Waals surface area contributed by atoms with Gasteiger partial charge in [-0.25, -0.2) is 0 Å². The Kier molecular flexibility index (Phi) is 8.55. The number of methoxy groups -OCH3 is 1. The standard InChI is InChI=1S/C24H33N3O4.CH2O2/c1-15-22(20-13-19(31-3)10-11-21(20)26(15)2)23(29)25-17-8-6-16(7-9-17)24(30)27-12-4-5-18(28)14-27;2-1-3/h10-11,13,16-18,28H,4-9,12,14H2,1-3H3,(H,25,29);1H,(H,2,3). The molecule has 2 aromatic rings. The largest absolute Gasteiger partial charge is 0.497 e. The van der Waals surface area contributed by atoms with Crippen molar-refractivity contribution < 1.29 is 29.3 Å². The summed E-state index contributed by atoms with van der Waals surface area (Å²) in [5, 5.41) is 20.8. The van der Waals surface area contributed by atoms with Crippen molar-refractivity contribution in [3.8, 4) is 5.75 Å². The normalized spacial score (nSPS) is 22.5. The van der Waals surface area contributed by atoms with Gasteiger partial charge in [-0.1, -0.05) is 0 Å². The van der Waals surface area contributed by atoms with Gasteiger partial charge in [-0.05, 0) is 63.6 Å². The van der Waals surface area contributed by atoms with E-state index in [4.69, 9.17) is 14.6 Å². The molecule has 9 nitrogen and oxygen atoms in total. The highest BCUT2D eigenvalue weighted by Gasteiger charge is 2.32. The van der Waals surface area contributed by atoms with Gasteiger partial charge in [0.1, 0.15) is 5.75 Å². The maximum Gasteiger partial charge on any atom is 0.290 e. The van der Waals surface area contributed by atoms with E-state index in [0.29, 0.717) is 12.1 Å². The first kappa shape index (κ1) is 25.6. The molecule has 34 heavy (non-hydrogen) atoms. The molecule has 4 rings (SSSR count). The average molecular weight is 474 g/mol. The molecule has 1 aromatic carbocycles. The highest BCUT2D eigenvalue weighted by atomic mass is 16.5. The van der Waals surface area contributed by atoms with E-state index in [9.17, 15) is 14.7 Å². The number of β-amino-alcohol motifs (C(OH)–C–C–N with tert-alkyl or cyclic N) is 1. The lowest BCUT2D eigenvalue weighted by molar-refractivity contribution is -0.139. The number of hydrogen-bond donors (Lipinski definition) is 3.